The second-order valence-corrected chi connectivity index (χ2v) is 6.61. The normalized spacial score (nSPS) is 22.4. The average Bonchev–Trinajstić information content (AvgIpc) is 2.63. The molecule has 24 heavy (non-hydrogen) atoms. The molecule has 1 N–H and O–H groups in total. The molecule has 3 rings (SSSR count). The highest BCUT2D eigenvalue weighted by Crippen LogP contribution is 2.20. The zero-order chi connectivity index (χ0) is 16.9. The molecule has 2 fully saturated rings. The van der Waals surface area contributed by atoms with E-state index >= 15 is 0 Å². The Morgan fingerprint density at radius 3 is 2.75 bits per heavy atom. The summed E-state index contributed by atoms with van der Waals surface area (Å²) in [6, 6.07) is 5.09. The van der Waals surface area contributed by atoms with Gasteiger partial charge in [0.2, 0.25) is 5.91 Å². The first-order valence-corrected chi connectivity index (χ1v) is 8.71. The number of carbonyl (C=O) groups is 1. The predicted molar refractivity (Wildman–Crippen MR) is 90.4 cm³/mol. The fourth-order valence-electron chi connectivity index (χ4n) is 3.51. The lowest BCUT2D eigenvalue weighted by Crippen LogP contribution is -2.51. The summed E-state index contributed by atoms with van der Waals surface area (Å²) in [6.07, 6.45) is 2.08. The second kappa shape index (κ2) is 7.94. The van der Waals surface area contributed by atoms with Crippen molar-refractivity contribution in [3.8, 4) is 5.75 Å². The van der Waals surface area contributed by atoms with Gasteiger partial charge in [-0.2, -0.15) is 0 Å². The van der Waals surface area contributed by atoms with Crippen molar-refractivity contribution in [2.45, 2.75) is 19.4 Å². The van der Waals surface area contributed by atoms with E-state index in [4.69, 9.17) is 4.74 Å². The average molecular weight is 335 g/mol. The highest BCUT2D eigenvalue weighted by molar-refractivity contribution is 5.79. The summed E-state index contributed by atoms with van der Waals surface area (Å²) in [5, 5.41) is 3.31. The van der Waals surface area contributed by atoms with E-state index in [2.05, 4.69) is 10.2 Å². The SMILES string of the molecule is COc1ccc(CN2CCN(C(=O)[C@H]3CCCNC3)CC2)cc1F. The smallest absolute Gasteiger partial charge is 0.227 e. The van der Waals surface area contributed by atoms with E-state index in [1.54, 1.807) is 6.07 Å². The van der Waals surface area contributed by atoms with Crippen LogP contribution < -0.4 is 10.1 Å². The largest absolute Gasteiger partial charge is 0.494 e. The zero-order valence-corrected chi connectivity index (χ0v) is 14.3. The first-order chi connectivity index (χ1) is 11.7. The maximum atomic E-state index is 13.8. The molecule has 1 atom stereocenters. The van der Waals surface area contributed by atoms with Crippen LogP contribution in [-0.2, 0) is 11.3 Å². The number of amides is 1. The number of halogens is 1. The number of piperazine rings is 1. The number of hydrogen-bond donors (Lipinski definition) is 1. The van der Waals surface area contributed by atoms with E-state index in [1.165, 1.54) is 13.2 Å². The molecule has 2 saturated heterocycles. The van der Waals surface area contributed by atoms with Crippen LogP contribution in [0.1, 0.15) is 18.4 Å². The van der Waals surface area contributed by atoms with Crippen LogP contribution in [0, 0.1) is 11.7 Å². The van der Waals surface area contributed by atoms with Crippen LogP contribution in [-0.4, -0.2) is 62.1 Å². The molecule has 0 radical (unpaired) electrons. The monoisotopic (exact) mass is 335 g/mol. The number of carbonyl (C=O) groups excluding carboxylic acids is 1. The van der Waals surface area contributed by atoms with E-state index in [-0.39, 0.29) is 23.4 Å². The molecule has 0 aliphatic carbocycles. The molecule has 0 unspecified atom stereocenters. The Morgan fingerprint density at radius 2 is 2.12 bits per heavy atom. The minimum Gasteiger partial charge on any atom is -0.494 e. The molecule has 1 aromatic carbocycles. The third-order valence-corrected chi connectivity index (χ3v) is 4.95. The standard InChI is InChI=1S/C18H26FN3O2/c1-24-17-5-4-14(11-16(17)19)13-21-7-9-22(10-8-21)18(23)15-3-2-6-20-12-15/h4-5,11,15,20H,2-3,6-10,12-13H2,1H3/t15-/m0/s1. The van der Waals surface area contributed by atoms with Crippen LogP contribution >= 0.6 is 0 Å². The van der Waals surface area contributed by atoms with Crippen molar-refractivity contribution < 1.29 is 13.9 Å². The fraction of sp³-hybridized carbons (Fsp3) is 0.611. The van der Waals surface area contributed by atoms with Gasteiger partial charge in [-0.3, -0.25) is 9.69 Å². The topological polar surface area (TPSA) is 44.8 Å². The molecule has 0 bridgehead atoms. The summed E-state index contributed by atoms with van der Waals surface area (Å²) in [7, 11) is 1.47. The summed E-state index contributed by atoms with van der Waals surface area (Å²) < 4.78 is 18.7. The Kier molecular flexibility index (Phi) is 5.68. The highest BCUT2D eigenvalue weighted by atomic mass is 19.1. The van der Waals surface area contributed by atoms with Crippen molar-refractivity contribution in [3.63, 3.8) is 0 Å². The molecular weight excluding hydrogens is 309 g/mol. The van der Waals surface area contributed by atoms with Gasteiger partial charge in [0.15, 0.2) is 11.6 Å². The zero-order valence-electron chi connectivity index (χ0n) is 14.3. The Hall–Kier alpha value is -1.66. The summed E-state index contributed by atoms with van der Waals surface area (Å²) in [5.41, 5.74) is 0.935. The van der Waals surface area contributed by atoms with Crippen molar-refractivity contribution >= 4 is 5.91 Å². The highest BCUT2D eigenvalue weighted by Gasteiger charge is 2.28. The van der Waals surface area contributed by atoms with Crippen LogP contribution in [0.2, 0.25) is 0 Å². The van der Waals surface area contributed by atoms with Crippen molar-refractivity contribution in [1.82, 2.24) is 15.1 Å². The fourth-order valence-corrected chi connectivity index (χ4v) is 3.51. The van der Waals surface area contributed by atoms with Gasteiger partial charge in [0.05, 0.1) is 13.0 Å². The first-order valence-electron chi connectivity index (χ1n) is 8.71. The predicted octanol–water partition coefficient (Wildman–Crippen LogP) is 1.48. The molecule has 2 aliphatic heterocycles. The van der Waals surface area contributed by atoms with Crippen molar-refractivity contribution in [3.05, 3.63) is 29.6 Å². The third-order valence-electron chi connectivity index (χ3n) is 4.95. The lowest BCUT2D eigenvalue weighted by molar-refractivity contribution is -0.137. The van der Waals surface area contributed by atoms with Gasteiger partial charge in [0, 0.05) is 39.3 Å². The molecule has 0 aromatic heterocycles. The lowest BCUT2D eigenvalue weighted by atomic mass is 9.98. The number of nitrogens with zero attached hydrogens (tertiary/aromatic N) is 2. The Bertz CT molecular complexity index is 567. The molecule has 1 amide bonds. The number of hydrogen-bond acceptors (Lipinski definition) is 4. The van der Waals surface area contributed by atoms with Crippen LogP contribution in [0.15, 0.2) is 18.2 Å². The van der Waals surface area contributed by atoms with Crippen molar-refractivity contribution in [2.24, 2.45) is 5.92 Å². The second-order valence-electron chi connectivity index (χ2n) is 6.61. The molecule has 2 aliphatic rings. The summed E-state index contributed by atoms with van der Waals surface area (Å²) in [6.45, 7) is 5.72. The quantitative estimate of drug-likeness (QED) is 0.905. The van der Waals surface area contributed by atoms with E-state index in [9.17, 15) is 9.18 Å². The molecule has 1 aromatic rings. The summed E-state index contributed by atoms with van der Waals surface area (Å²) in [5.74, 6) is 0.377. The van der Waals surface area contributed by atoms with Gasteiger partial charge in [-0.1, -0.05) is 6.07 Å². The maximum absolute atomic E-state index is 13.8. The van der Waals surface area contributed by atoms with E-state index in [1.807, 2.05) is 11.0 Å². The van der Waals surface area contributed by atoms with Crippen molar-refractivity contribution in [1.29, 1.82) is 0 Å². The summed E-state index contributed by atoms with van der Waals surface area (Å²) in [4.78, 5) is 16.8. The van der Waals surface area contributed by atoms with E-state index in [0.717, 1.165) is 57.7 Å². The molecule has 5 nitrogen and oxygen atoms in total. The van der Waals surface area contributed by atoms with Gasteiger partial charge in [-0.15, -0.1) is 0 Å². The maximum Gasteiger partial charge on any atom is 0.227 e. The Morgan fingerprint density at radius 1 is 1.33 bits per heavy atom. The van der Waals surface area contributed by atoms with Gasteiger partial charge in [-0.25, -0.2) is 4.39 Å². The molecule has 6 heteroatoms. The number of benzene rings is 1. The van der Waals surface area contributed by atoms with Crippen LogP contribution in [0.3, 0.4) is 0 Å². The minimum atomic E-state index is -0.325. The van der Waals surface area contributed by atoms with Gasteiger partial charge < -0.3 is 15.0 Å². The molecule has 0 saturated carbocycles. The van der Waals surface area contributed by atoms with E-state index in [0.29, 0.717) is 6.54 Å². The molecule has 132 valence electrons. The first kappa shape index (κ1) is 17.2. The Balaban J connectivity index is 1.49. The molecule has 2 heterocycles. The number of methoxy groups -OCH3 is 1. The lowest BCUT2D eigenvalue weighted by Gasteiger charge is -2.37. The number of ether oxygens (including phenoxy) is 1. The number of piperidine rings is 1. The minimum absolute atomic E-state index is 0.140. The number of rotatable bonds is 4. The van der Waals surface area contributed by atoms with Gasteiger partial charge in [0.25, 0.3) is 0 Å². The van der Waals surface area contributed by atoms with Gasteiger partial charge >= 0.3 is 0 Å². The van der Waals surface area contributed by atoms with E-state index < -0.39 is 0 Å². The van der Waals surface area contributed by atoms with Gasteiger partial charge in [0.1, 0.15) is 0 Å². The van der Waals surface area contributed by atoms with Crippen LogP contribution in [0.25, 0.3) is 0 Å². The summed E-state index contributed by atoms with van der Waals surface area (Å²) >= 11 is 0. The molecular formula is C18H26FN3O2. The molecule has 0 spiro atoms. The third kappa shape index (κ3) is 4.05. The van der Waals surface area contributed by atoms with Crippen molar-refractivity contribution in [2.75, 3.05) is 46.4 Å². The van der Waals surface area contributed by atoms with Crippen LogP contribution in [0.5, 0.6) is 5.75 Å². The number of nitrogens with one attached hydrogen (secondary N) is 1. The van der Waals surface area contributed by atoms with Gasteiger partial charge in [-0.05, 0) is 37.1 Å². The van der Waals surface area contributed by atoms with Crippen LogP contribution in [0.4, 0.5) is 4.39 Å². The Labute approximate surface area is 142 Å².